The normalized spacial score (nSPS) is 11.4. The van der Waals surface area contributed by atoms with Crippen molar-refractivity contribution in [3.63, 3.8) is 0 Å². The molecule has 0 unspecified atom stereocenters. The van der Waals surface area contributed by atoms with Crippen molar-refractivity contribution in [1.29, 1.82) is 0 Å². The molecular weight excluding hydrogens is 336 g/mol. The minimum absolute atomic E-state index is 0.118. The second kappa shape index (κ2) is 8.16. The maximum Gasteiger partial charge on any atom is 0.261 e. The minimum Gasteiger partial charge on any atom is -0.352 e. The molecule has 0 spiro atoms. The zero-order valence-corrected chi connectivity index (χ0v) is 15.6. The van der Waals surface area contributed by atoms with Crippen molar-refractivity contribution in [2.45, 2.75) is 38.0 Å². The Balaban J connectivity index is 2.12. The van der Waals surface area contributed by atoms with Gasteiger partial charge in [0.05, 0.1) is 4.90 Å². The molecule has 6 heteroatoms. The third kappa shape index (κ3) is 5.06. The van der Waals surface area contributed by atoms with Gasteiger partial charge in [0.1, 0.15) is 0 Å². The molecule has 0 aliphatic carbocycles. The number of carbonyl (C=O) groups excluding carboxylic acids is 1. The van der Waals surface area contributed by atoms with Crippen LogP contribution in [0.3, 0.4) is 0 Å². The van der Waals surface area contributed by atoms with E-state index in [1.807, 2.05) is 19.1 Å². The van der Waals surface area contributed by atoms with Crippen LogP contribution in [0.15, 0.2) is 53.4 Å². The molecule has 2 N–H and O–H groups in total. The summed E-state index contributed by atoms with van der Waals surface area (Å²) in [5.74, 6) is 0.181. The van der Waals surface area contributed by atoms with Crippen LogP contribution in [0.4, 0.5) is 5.69 Å². The molecule has 0 aromatic heterocycles. The standard InChI is InChI=1S/C19H24N2O3S/c1-4-13-20-19(22)16-7-11-18(12-8-16)25(23,24)21-17-9-5-15(6-10-17)14(2)3/h5-12,14,21H,4,13H2,1-3H3,(H,20,22). The van der Waals surface area contributed by atoms with Gasteiger partial charge in [-0.3, -0.25) is 9.52 Å². The summed E-state index contributed by atoms with van der Waals surface area (Å²) in [6, 6.07) is 13.2. The highest BCUT2D eigenvalue weighted by atomic mass is 32.2. The molecule has 0 bridgehead atoms. The first-order valence-electron chi connectivity index (χ1n) is 8.34. The largest absolute Gasteiger partial charge is 0.352 e. The molecule has 0 heterocycles. The molecule has 134 valence electrons. The number of rotatable bonds is 7. The quantitative estimate of drug-likeness (QED) is 0.789. The van der Waals surface area contributed by atoms with Crippen LogP contribution in [0, 0.1) is 0 Å². The monoisotopic (exact) mass is 360 g/mol. The van der Waals surface area contributed by atoms with E-state index < -0.39 is 10.0 Å². The number of anilines is 1. The van der Waals surface area contributed by atoms with Crippen LogP contribution in [0.2, 0.25) is 0 Å². The van der Waals surface area contributed by atoms with E-state index in [9.17, 15) is 13.2 Å². The number of amides is 1. The molecule has 0 saturated heterocycles. The average Bonchev–Trinajstić information content (AvgIpc) is 2.60. The summed E-state index contributed by atoms with van der Waals surface area (Å²) in [6.45, 7) is 6.72. The second-order valence-corrected chi connectivity index (χ2v) is 7.84. The molecule has 0 radical (unpaired) electrons. The predicted molar refractivity (Wildman–Crippen MR) is 100 cm³/mol. The molecule has 0 saturated carbocycles. The lowest BCUT2D eigenvalue weighted by Gasteiger charge is -2.11. The zero-order chi connectivity index (χ0) is 18.4. The van der Waals surface area contributed by atoms with Gasteiger partial charge < -0.3 is 5.32 Å². The zero-order valence-electron chi connectivity index (χ0n) is 14.7. The van der Waals surface area contributed by atoms with E-state index in [1.165, 1.54) is 24.3 Å². The van der Waals surface area contributed by atoms with Gasteiger partial charge in [-0.25, -0.2) is 8.42 Å². The maximum atomic E-state index is 12.5. The van der Waals surface area contributed by atoms with Gasteiger partial charge in [0.15, 0.2) is 0 Å². The van der Waals surface area contributed by atoms with Gasteiger partial charge in [-0.1, -0.05) is 32.9 Å². The highest BCUT2D eigenvalue weighted by Crippen LogP contribution is 2.20. The molecule has 0 atom stereocenters. The van der Waals surface area contributed by atoms with Crippen LogP contribution in [0.1, 0.15) is 49.0 Å². The van der Waals surface area contributed by atoms with E-state index in [1.54, 1.807) is 12.1 Å². The third-order valence-corrected chi connectivity index (χ3v) is 5.19. The third-order valence-electron chi connectivity index (χ3n) is 3.79. The molecule has 0 aliphatic rings. The van der Waals surface area contributed by atoms with E-state index in [0.29, 0.717) is 23.7 Å². The number of benzene rings is 2. The van der Waals surface area contributed by atoms with Gasteiger partial charge in [0, 0.05) is 17.8 Å². The molecule has 2 aromatic rings. The molecule has 2 rings (SSSR count). The van der Waals surface area contributed by atoms with Crippen LogP contribution in [0.5, 0.6) is 0 Å². The molecule has 0 fully saturated rings. The lowest BCUT2D eigenvalue weighted by molar-refractivity contribution is 0.0953. The van der Waals surface area contributed by atoms with E-state index in [0.717, 1.165) is 12.0 Å². The summed E-state index contributed by atoms with van der Waals surface area (Å²) < 4.78 is 27.5. The Morgan fingerprint density at radius 3 is 2.12 bits per heavy atom. The fourth-order valence-electron chi connectivity index (χ4n) is 2.28. The van der Waals surface area contributed by atoms with E-state index in [2.05, 4.69) is 23.9 Å². The number of carbonyl (C=O) groups is 1. The predicted octanol–water partition coefficient (Wildman–Crippen LogP) is 3.75. The van der Waals surface area contributed by atoms with Crippen molar-refractivity contribution in [3.05, 3.63) is 59.7 Å². The lowest BCUT2D eigenvalue weighted by Crippen LogP contribution is -2.24. The van der Waals surface area contributed by atoms with Gasteiger partial charge in [0.25, 0.3) is 15.9 Å². The summed E-state index contributed by atoms with van der Waals surface area (Å²) in [4.78, 5) is 12.0. The Morgan fingerprint density at radius 1 is 1.00 bits per heavy atom. The molecule has 2 aromatic carbocycles. The highest BCUT2D eigenvalue weighted by molar-refractivity contribution is 7.92. The van der Waals surface area contributed by atoms with Crippen molar-refractivity contribution >= 4 is 21.6 Å². The smallest absolute Gasteiger partial charge is 0.261 e. The Kier molecular flexibility index (Phi) is 6.20. The summed E-state index contributed by atoms with van der Waals surface area (Å²) >= 11 is 0. The fourth-order valence-corrected chi connectivity index (χ4v) is 3.33. The molecule has 25 heavy (non-hydrogen) atoms. The van der Waals surface area contributed by atoms with E-state index >= 15 is 0 Å². The van der Waals surface area contributed by atoms with Gasteiger partial charge in [-0.2, -0.15) is 0 Å². The molecular formula is C19H24N2O3S. The molecule has 0 aliphatic heterocycles. The molecule has 5 nitrogen and oxygen atoms in total. The number of nitrogens with one attached hydrogen (secondary N) is 2. The van der Waals surface area contributed by atoms with Crippen molar-refractivity contribution < 1.29 is 13.2 Å². The summed E-state index contributed by atoms with van der Waals surface area (Å²) in [5, 5.41) is 2.76. The van der Waals surface area contributed by atoms with Gasteiger partial charge in [-0.15, -0.1) is 0 Å². The Labute approximate surface area is 149 Å². The van der Waals surface area contributed by atoms with Crippen LogP contribution < -0.4 is 10.0 Å². The van der Waals surface area contributed by atoms with Crippen molar-refractivity contribution in [2.75, 3.05) is 11.3 Å². The number of sulfonamides is 1. The first kappa shape index (κ1) is 19.0. The maximum absolute atomic E-state index is 12.5. The molecule has 1 amide bonds. The summed E-state index contributed by atoms with van der Waals surface area (Å²) in [7, 11) is -3.69. The minimum atomic E-state index is -3.69. The van der Waals surface area contributed by atoms with Gasteiger partial charge in [0.2, 0.25) is 0 Å². The van der Waals surface area contributed by atoms with Crippen LogP contribution in [-0.2, 0) is 10.0 Å². The van der Waals surface area contributed by atoms with Crippen LogP contribution in [-0.4, -0.2) is 20.9 Å². The topological polar surface area (TPSA) is 75.3 Å². The van der Waals surface area contributed by atoms with Crippen molar-refractivity contribution in [2.24, 2.45) is 0 Å². The first-order chi connectivity index (χ1) is 11.8. The van der Waals surface area contributed by atoms with Gasteiger partial charge >= 0.3 is 0 Å². The number of hydrogen-bond acceptors (Lipinski definition) is 3. The SMILES string of the molecule is CCCNC(=O)c1ccc(S(=O)(=O)Nc2ccc(C(C)C)cc2)cc1. The average molecular weight is 360 g/mol. The first-order valence-corrected chi connectivity index (χ1v) is 9.83. The van der Waals surface area contributed by atoms with E-state index in [-0.39, 0.29) is 10.8 Å². The van der Waals surface area contributed by atoms with Gasteiger partial charge in [-0.05, 0) is 54.3 Å². The Morgan fingerprint density at radius 2 is 1.60 bits per heavy atom. The van der Waals surface area contributed by atoms with Crippen LogP contribution >= 0.6 is 0 Å². The van der Waals surface area contributed by atoms with Crippen LogP contribution in [0.25, 0.3) is 0 Å². The lowest BCUT2D eigenvalue weighted by atomic mass is 10.0. The summed E-state index contributed by atoms with van der Waals surface area (Å²) in [5.41, 5.74) is 2.09. The Bertz CT molecular complexity index is 811. The number of hydrogen-bond donors (Lipinski definition) is 2. The van der Waals surface area contributed by atoms with Crippen molar-refractivity contribution in [1.82, 2.24) is 5.32 Å². The summed E-state index contributed by atoms with van der Waals surface area (Å²) in [6.07, 6.45) is 0.845. The van der Waals surface area contributed by atoms with E-state index in [4.69, 9.17) is 0 Å². The second-order valence-electron chi connectivity index (χ2n) is 6.16. The van der Waals surface area contributed by atoms with Crippen molar-refractivity contribution in [3.8, 4) is 0 Å². The highest BCUT2D eigenvalue weighted by Gasteiger charge is 2.15. The Hall–Kier alpha value is -2.34. The fraction of sp³-hybridized carbons (Fsp3) is 0.316.